The lowest BCUT2D eigenvalue weighted by molar-refractivity contribution is -0.359. The van der Waals surface area contributed by atoms with Gasteiger partial charge < -0.3 is 65.1 Å². The van der Waals surface area contributed by atoms with Crippen LogP contribution in [0.3, 0.4) is 0 Å². The molecule has 0 saturated carbocycles. The molecule has 14 nitrogen and oxygen atoms in total. The summed E-state index contributed by atoms with van der Waals surface area (Å²) in [6.07, 6.45) is 53.8. The first kappa shape index (κ1) is 80.8. The van der Waals surface area contributed by atoms with Crippen LogP contribution in [0.15, 0.2) is 12.2 Å². The zero-order valence-electron chi connectivity index (χ0n) is 55.6. The van der Waals surface area contributed by atoms with Crippen LogP contribution < -0.4 is 5.32 Å². The van der Waals surface area contributed by atoms with Gasteiger partial charge in [-0.3, -0.25) is 4.79 Å². The second kappa shape index (κ2) is 57.6. The molecule has 2 aliphatic heterocycles. The first-order chi connectivity index (χ1) is 42.1. The maximum Gasteiger partial charge on any atom is 0.220 e. The van der Waals surface area contributed by atoms with Crippen molar-refractivity contribution in [2.75, 3.05) is 19.8 Å². The van der Waals surface area contributed by atoms with Crippen LogP contribution in [-0.4, -0.2) is 140 Å². The first-order valence-corrected chi connectivity index (χ1v) is 36.9. The summed E-state index contributed by atoms with van der Waals surface area (Å²) in [5.41, 5.74) is 0. The standard InChI is InChI=1S/C72H139NO13/c1-3-5-7-9-11-13-15-17-19-21-23-25-27-28-29-30-31-32-34-35-37-39-41-43-45-47-49-51-53-55-61(76)60(59-83-71-69(82)67(80)70(63(58-75)85-71)86-72-68(81)66(79)65(78)62(57-74)84-72)73-64(77)56-54-52-50-48-46-44-42-40-38-36-33-26-24-22-20-18-16-14-12-10-8-6-4-2/h22,24,60-63,65-72,74-76,78-82H,3-21,23,25-59H2,1-2H3,(H,73,77)/b24-22-. The fourth-order valence-electron chi connectivity index (χ4n) is 12.6. The maximum atomic E-state index is 13.4. The maximum absolute atomic E-state index is 13.4. The van der Waals surface area contributed by atoms with Crippen LogP contribution in [0.1, 0.15) is 348 Å². The number of carbonyl (C=O) groups excluding carboxylic acids is 1. The monoisotopic (exact) mass is 1230 g/mol. The lowest BCUT2D eigenvalue weighted by atomic mass is 9.97. The van der Waals surface area contributed by atoms with Crippen LogP contribution >= 0.6 is 0 Å². The Balaban J connectivity index is 1.64. The Hall–Kier alpha value is -1.27. The number of aliphatic hydroxyl groups excluding tert-OH is 8. The molecule has 0 radical (unpaired) electrons. The molecule has 1 amide bonds. The van der Waals surface area contributed by atoms with Gasteiger partial charge in [0.25, 0.3) is 0 Å². The van der Waals surface area contributed by atoms with E-state index >= 15 is 0 Å². The van der Waals surface area contributed by atoms with Crippen molar-refractivity contribution in [2.45, 2.75) is 421 Å². The van der Waals surface area contributed by atoms with Crippen LogP contribution in [0.25, 0.3) is 0 Å². The number of allylic oxidation sites excluding steroid dienone is 2. The predicted octanol–water partition coefficient (Wildman–Crippen LogP) is 15.4. The highest BCUT2D eigenvalue weighted by Crippen LogP contribution is 2.30. The number of hydrogen-bond acceptors (Lipinski definition) is 13. The van der Waals surface area contributed by atoms with Gasteiger partial charge in [0.1, 0.15) is 48.8 Å². The minimum absolute atomic E-state index is 0.200. The average molecular weight is 1230 g/mol. The van der Waals surface area contributed by atoms with Gasteiger partial charge in [-0.25, -0.2) is 0 Å². The quantitative estimate of drug-likeness (QED) is 0.0204. The highest BCUT2D eigenvalue weighted by Gasteiger charge is 2.51. The smallest absolute Gasteiger partial charge is 0.220 e. The zero-order chi connectivity index (χ0) is 62.3. The molecule has 86 heavy (non-hydrogen) atoms. The van der Waals surface area contributed by atoms with Crippen molar-refractivity contribution < 1.29 is 64.6 Å². The summed E-state index contributed by atoms with van der Waals surface area (Å²) in [4.78, 5) is 13.4. The third kappa shape index (κ3) is 41.3. The first-order valence-electron chi connectivity index (χ1n) is 36.9. The topological polar surface area (TPSA) is 228 Å². The third-order valence-electron chi connectivity index (χ3n) is 18.5. The van der Waals surface area contributed by atoms with Gasteiger partial charge in [-0.15, -0.1) is 0 Å². The van der Waals surface area contributed by atoms with Gasteiger partial charge in [0.2, 0.25) is 5.91 Å². The van der Waals surface area contributed by atoms with E-state index in [1.54, 1.807) is 0 Å². The Morgan fingerprint density at radius 2 is 0.733 bits per heavy atom. The number of carbonyl (C=O) groups is 1. The van der Waals surface area contributed by atoms with E-state index in [4.69, 9.17) is 18.9 Å². The highest BCUT2D eigenvalue weighted by molar-refractivity contribution is 5.76. The molecular weight excluding hydrogens is 1090 g/mol. The van der Waals surface area contributed by atoms with Crippen molar-refractivity contribution in [2.24, 2.45) is 0 Å². The van der Waals surface area contributed by atoms with Crippen LogP contribution in [0.5, 0.6) is 0 Å². The van der Waals surface area contributed by atoms with Crippen LogP contribution in [0, 0.1) is 0 Å². The molecule has 510 valence electrons. The number of amides is 1. The Bertz CT molecular complexity index is 1490. The largest absolute Gasteiger partial charge is 0.394 e. The van der Waals surface area contributed by atoms with Crippen LogP contribution in [0.2, 0.25) is 0 Å². The average Bonchev–Trinajstić information content (AvgIpc) is 2.54. The van der Waals surface area contributed by atoms with Crippen molar-refractivity contribution in [1.82, 2.24) is 5.32 Å². The van der Waals surface area contributed by atoms with Gasteiger partial charge >= 0.3 is 0 Å². The molecule has 9 N–H and O–H groups in total. The second-order valence-electron chi connectivity index (χ2n) is 26.4. The normalized spacial score (nSPS) is 23.4. The molecule has 2 aliphatic rings. The van der Waals surface area contributed by atoms with Crippen LogP contribution in [-0.2, 0) is 23.7 Å². The number of aliphatic hydroxyl groups is 8. The minimum Gasteiger partial charge on any atom is -0.394 e. The SMILES string of the molecule is CCCCCCCCCC/C=C\CCCCCCCCCCCCCC(=O)NC(COC1OC(CO)C(OC2OC(CO)C(O)C(O)C2O)C(O)C1O)C(O)CCCCCCCCCCCCCCCCCCCCCCCCCCCCCCC. The molecule has 0 aromatic rings. The fraction of sp³-hybridized carbons (Fsp3) is 0.958. The van der Waals surface area contributed by atoms with E-state index < -0.39 is 86.8 Å². The Labute approximate surface area is 526 Å². The molecule has 0 spiro atoms. The molecule has 14 heteroatoms. The van der Waals surface area contributed by atoms with Gasteiger partial charge in [0.05, 0.1) is 32.0 Å². The number of nitrogens with one attached hydrogen (secondary N) is 1. The number of unbranched alkanes of at least 4 members (excludes halogenated alkanes) is 47. The molecule has 12 unspecified atom stereocenters. The van der Waals surface area contributed by atoms with Gasteiger partial charge in [-0.1, -0.05) is 315 Å². The van der Waals surface area contributed by atoms with E-state index in [1.807, 2.05) is 0 Å². The molecule has 2 heterocycles. The summed E-state index contributed by atoms with van der Waals surface area (Å²) < 4.78 is 22.9. The zero-order valence-corrected chi connectivity index (χ0v) is 55.6. The lowest BCUT2D eigenvalue weighted by Crippen LogP contribution is -2.65. The van der Waals surface area contributed by atoms with E-state index in [1.165, 1.54) is 270 Å². The summed E-state index contributed by atoms with van der Waals surface area (Å²) in [7, 11) is 0. The van der Waals surface area contributed by atoms with Gasteiger partial charge in [0, 0.05) is 6.42 Å². The Morgan fingerprint density at radius 3 is 1.10 bits per heavy atom. The van der Waals surface area contributed by atoms with E-state index in [0.29, 0.717) is 12.8 Å². The van der Waals surface area contributed by atoms with E-state index in [-0.39, 0.29) is 12.5 Å². The van der Waals surface area contributed by atoms with Crippen LogP contribution in [0.4, 0.5) is 0 Å². The van der Waals surface area contributed by atoms with E-state index in [2.05, 4.69) is 31.3 Å². The van der Waals surface area contributed by atoms with E-state index in [9.17, 15) is 45.6 Å². The molecule has 2 rings (SSSR count). The van der Waals surface area contributed by atoms with Gasteiger partial charge in [0.15, 0.2) is 12.6 Å². The molecule has 12 atom stereocenters. The third-order valence-corrected chi connectivity index (χ3v) is 18.5. The molecule has 0 aromatic carbocycles. The number of rotatable bonds is 62. The van der Waals surface area contributed by atoms with Crippen molar-refractivity contribution in [3.63, 3.8) is 0 Å². The van der Waals surface area contributed by atoms with E-state index in [0.717, 1.165) is 51.4 Å². The summed E-state index contributed by atoms with van der Waals surface area (Å²) >= 11 is 0. The molecule has 2 saturated heterocycles. The van der Waals surface area contributed by atoms with Gasteiger partial charge in [-0.05, 0) is 38.5 Å². The molecular formula is C72H139NO13. The van der Waals surface area contributed by atoms with Gasteiger partial charge in [-0.2, -0.15) is 0 Å². The number of hydrogen-bond donors (Lipinski definition) is 9. The van der Waals surface area contributed by atoms with Crippen molar-refractivity contribution >= 4 is 5.91 Å². The highest BCUT2D eigenvalue weighted by atomic mass is 16.7. The molecule has 0 aliphatic carbocycles. The Kier molecular flexibility index (Phi) is 54.1. The summed E-state index contributed by atoms with van der Waals surface area (Å²) in [6, 6.07) is -0.828. The molecule has 0 bridgehead atoms. The summed E-state index contributed by atoms with van der Waals surface area (Å²) in [5, 5.41) is 87.7. The predicted molar refractivity (Wildman–Crippen MR) is 351 cm³/mol. The minimum atomic E-state index is -1.78. The summed E-state index contributed by atoms with van der Waals surface area (Å²) in [5.74, 6) is -0.200. The molecule has 0 aromatic heterocycles. The Morgan fingerprint density at radius 1 is 0.407 bits per heavy atom. The fourth-order valence-corrected chi connectivity index (χ4v) is 12.6. The van der Waals surface area contributed by atoms with Crippen molar-refractivity contribution in [1.29, 1.82) is 0 Å². The molecule has 2 fully saturated rings. The second-order valence-corrected chi connectivity index (χ2v) is 26.4. The lowest BCUT2D eigenvalue weighted by Gasteiger charge is -2.46. The van der Waals surface area contributed by atoms with Crippen molar-refractivity contribution in [3.05, 3.63) is 12.2 Å². The number of ether oxygens (including phenoxy) is 4. The van der Waals surface area contributed by atoms with Crippen molar-refractivity contribution in [3.8, 4) is 0 Å². The summed E-state index contributed by atoms with van der Waals surface area (Å²) in [6.45, 7) is 2.92.